The van der Waals surface area contributed by atoms with E-state index >= 15 is 0 Å². The van der Waals surface area contributed by atoms with E-state index in [0.717, 1.165) is 6.07 Å². The minimum atomic E-state index is -0.567. The number of nitrogens with one attached hydrogen (secondary N) is 2. The lowest BCUT2D eigenvalue weighted by molar-refractivity contribution is -0.120. The number of hydrogen-bond donors (Lipinski definition) is 2. The van der Waals surface area contributed by atoms with Crippen LogP contribution >= 0.6 is 0 Å². The predicted molar refractivity (Wildman–Crippen MR) is 80.9 cm³/mol. The van der Waals surface area contributed by atoms with E-state index in [1.165, 1.54) is 48.7 Å². The third-order valence-corrected chi connectivity index (χ3v) is 2.77. The summed E-state index contributed by atoms with van der Waals surface area (Å²) in [6.45, 7) is -0.309. The highest BCUT2D eigenvalue weighted by molar-refractivity contribution is 5.96. The summed E-state index contributed by atoms with van der Waals surface area (Å²) in [6.07, 6.45) is 1.34. The zero-order valence-electron chi connectivity index (χ0n) is 11.9. The molecule has 7 heteroatoms. The smallest absolute Gasteiger partial charge is 0.259 e. The van der Waals surface area contributed by atoms with Crippen LogP contribution in [-0.2, 0) is 4.79 Å². The first-order chi connectivity index (χ1) is 11.0. The molecular weight excluding hydrogens is 304 g/mol. The molecule has 0 spiro atoms. The second kappa shape index (κ2) is 7.79. The zero-order valence-corrected chi connectivity index (χ0v) is 11.9. The number of carbonyl (C=O) groups is 2. The highest BCUT2D eigenvalue weighted by Crippen LogP contribution is 2.02. The van der Waals surface area contributed by atoms with Gasteiger partial charge in [-0.1, -0.05) is 18.2 Å². The molecule has 0 heterocycles. The summed E-state index contributed by atoms with van der Waals surface area (Å²) < 4.78 is 25.7. The lowest BCUT2D eigenvalue weighted by atomic mass is 10.2. The molecule has 2 rings (SSSR count). The van der Waals surface area contributed by atoms with E-state index in [4.69, 9.17) is 0 Å². The SMILES string of the molecule is O=C(CNC(=O)c1cccc(F)c1)NN=Cc1ccc(F)cc1. The lowest BCUT2D eigenvalue weighted by Crippen LogP contribution is -2.34. The first-order valence-electron chi connectivity index (χ1n) is 6.66. The number of rotatable bonds is 5. The Bertz CT molecular complexity index is 730. The Morgan fingerprint density at radius 2 is 1.78 bits per heavy atom. The van der Waals surface area contributed by atoms with E-state index in [9.17, 15) is 18.4 Å². The standard InChI is InChI=1S/C16H13F2N3O2/c17-13-6-4-11(5-7-13)9-20-21-15(22)10-19-16(23)12-2-1-3-14(18)8-12/h1-9H,10H2,(H,19,23)(H,21,22). The zero-order chi connectivity index (χ0) is 16.7. The molecule has 0 atom stereocenters. The Morgan fingerprint density at radius 3 is 2.48 bits per heavy atom. The van der Waals surface area contributed by atoms with Crippen molar-refractivity contribution in [2.24, 2.45) is 5.10 Å². The summed E-state index contributed by atoms with van der Waals surface area (Å²) >= 11 is 0. The number of carbonyl (C=O) groups excluding carboxylic acids is 2. The summed E-state index contributed by atoms with van der Waals surface area (Å²) in [5, 5.41) is 6.02. The number of hydrogen-bond acceptors (Lipinski definition) is 3. The van der Waals surface area contributed by atoms with Gasteiger partial charge in [0.2, 0.25) is 0 Å². The molecular formula is C16H13F2N3O2. The summed E-state index contributed by atoms with van der Waals surface area (Å²) in [6, 6.07) is 10.6. The van der Waals surface area contributed by atoms with E-state index in [1.807, 2.05) is 0 Å². The van der Waals surface area contributed by atoms with Crippen molar-refractivity contribution < 1.29 is 18.4 Å². The second-order valence-corrected chi connectivity index (χ2v) is 4.54. The Balaban J connectivity index is 1.78. The Kier molecular flexibility index (Phi) is 5.51. The molecule has 0 saturated heterocycles. The topological polar surface area (TPSA) is 70.6 Å². The van der Waals surface area contributed by atoms with Crippen LogP contribution in [0.25, 0.3) is 0 Å². The summed E-state index contributed by atoms with van der Waals surface area (Å²) in [5.74, 6) is -2.02. The van der Waals surface area contributed by atoms with E-state index in [-0.39, 0.29) is 17.9 Å². The molecule has 2 aromatic carbocycles. The molecule has 2 N–H and O–H groups in total. The molecule has 5 nitrogen and oxygen atoms in total. The fourth-order valence-corrected chi connectivity index (χ4v) is 1.66. The molecule has 2 aromatic rings. The minimum absolute atomic E-state index is 0.118. The van der Waals surface area contributed by atoms with Crippen LogP contribution in [0, 0.1) is 11.6 Å². The van der Waals surface area contributed by atoms with Gasteiger partial charge in [0.25, 0.3) is 11.8 Å². The van der Waals surface area contributed by atoms with Gasteiger partial charge in [0.1, 0.15) is 11.6 Å². The van der Waals surface area contributed by atoms with E-state index in [1.54, 1.807) is 0 Å². The molecule has 0 saturated carbocycles. The fraction of sp³-hybridized carbons (Fsp3) is 0.0625. The molecule has 0 aliphatic heterocycles. The van der Waals surface area contributed by atoms with Gasteiger partial charge in [0.05, 0.1) is 12.8 Å². The van der Waals surface area contributed by atoms with Gasteiger partial charge in [-0.2, -0.15) is 5.10 Å². The van der Waals surface area contributed by atoms with Gasteiger partial charge in [-0.15, -0.1) is 0 Å². The van der Waals surface area contributed by atoms with Crippen LogP contribution < -0.4 is 10.7 Å². The number of halogens is 2. The van der Waals surface area contributed by atoms with Crippen LogP contribution in [-0.4, -0.2) is 24.6 Å². The van der Waals surface area contributed by atoms with Crippen molar-refractivity contribution >= 4 is 18.0 Å². The molecule has 2 amide bonds. The number of benzene rings is 2. The second-order valence-electron chi connectivity index (χ2n) is 4.54. The molecule has 23 heavy (non-hydrogen) atoms. The maximum absolute atomic E-state index is 13.0. The maximum Gasteiger partial charge on any atom is 0.259 e. The molecule has 0 aliphatic rings. The largest absolute Gasteiger partial charge is 0.343 e. The highest BCUT2D eigenvalue weighted by Gasteiger charge is 2.08. The third-order valence-electron chi connectivity index (χ3n) is 2.77. The first kappa shape index (κ1) is 16.3. The quantitative estimate of drug-likeness (QED) is 0.652. The molecule has 0 radical (unpaired) electrons. The van der Waals surface area contributed by atoms with Crippen molar-refractivity contribution in [2.45, 2.75) is 0 Å². The molecule has 0 aromatic heterocycles. The number of hydrazone groups is 1. The van der Waals surface area contributed by atoms with Gasteiger partial charge < -0.3 is 5.32 Å². The Labute approximate surface area is 131 Å². The highest BCUT2D eigenvalue weighted by atomic mass is 19.1. The van der Waals surface area contributed by atoms with Crippen molar-refractivity contribution in [2.75, 3.05) is 6.54 Å². The van der Waals surface area contributed by atoms with Gasteiger partial charge in [-0.25, -0.2) is 14.2 Å². The fourth-order valence-electron chi connectivity index (χ4n) is 1.66. The van der Waals surface area contributed by atoms with Crippen molar-refractivity contribution in [1.29, 1.82) is 0 Å². The van der Waals surface area contributed by atoms with Crippen molar-refractivity contribution in [3.63, 3.8) is 0 Å². The summed E-state index contributed by atoms with van der Waals surface area (Å²) in [5.41, 5.74) is 2.94. The van der Waals surface area contributed by atoms with Gasteiger partial charge in [0, 0.05) is 5.56 Å². The summed E-state index contributed by atoms with van der Waals surface area (Å²) in [7, 11) is 0. The lowest BCUT2D eigenvalue weighted by Gasteiger charge is -2.04. The molecule has 118 valence electrons. The van der Waals surface area contributed by atoms with Crippen LogP contribution in [0.1, 0.15) is 15.9 Å². The Morgan fingerprint density at radius 1 is 1.04 bits per heavy atom. The van der Waals surface area contributed by atoms with Crippen LogP contribution in [0.4, 0.5) is 8.78 Å². The van der Waals surface area contributed by atoms with E-state index < -0.39 is 17.6 Å². The molecule has 0 aliphatic carbocycles. The minimum Gasteiger partial charge on any atom is -0.343 e. The van der Waals surface area contributed by atoms with Crippen LogP contribution in [0.2, 0.25) is 0 Å². The maximum atomic E-state index is 13.0. The van der Waals surface area contributed by atoms with Gasteiger partial charge in [0.15, 0.2) is 0 Å². The normalized spacial score (nSPS) is 10.5. The molecule has 0 unspecified atom stereocenters. The van der Waals surface area contributed by atoms with E-state index in [2.05, 4.69) is 15.8 Å². The molecule has 0 bridgehead atoms. The van der Waals surface area contributed by atoms with Crippen LogP contribution in [0.15, 0.2) is 53.6 Å². The summed E-state index contributed by atoms with van der Waals surface area (Å²) in [4.78, 5) is 23.2. The van der Waals surface area contributed by atoms with Gasteiger partial charge in [-0.3, -0.25) is 9.59 Å². The third kappa shape index (κ3) is 5.31. The number of nitrogens with zero attached hydrogens (tertiary/aromatic N) is 1. The van der Waals surface area contributed by atoms with Crippen molar-refractivity contribution in [3.8, 4) is 0 Å². The average molecular weight is 317 g/mol. The van der Waals surface area contributed by atoms with E-state index in [0.29, 0.717) is 5.56 Å². The molecule has 0 fully saturated rings. The van der Waals surface area contributed by atoms with Crippen molar-refractivity contribution in [1.82, 2.24) is 10.7 Å². The monoisotopic (exact) mass is 317 g/mol. The first-order valence-corrected chi connectivity index (χ1v) is 6.66. The average Bonchev–Trinajstić information content (AvgIpc) is 2.54. The predicted octanol–water partition coefficient (Wildman–Crippen LogP) is 1.84. The van der Waals surface area contributed by atoms with Gasteiger partial charge in [-0.05, 0) is 35.9 Å². The van der Waals surface area contributed by atoms with Gasteiger partial charge >= 0.3 is 0 Å². The van der Waals surface area contributed by atoms with Crippen molar-refractivity contribution in [3.05, 3.63) is 71.3 Å². The Hall–Kier alpha value is -3.09. The number of amides is 2. The van der Waals surface area contributed by atoms with Crippen LogP contribution in [0.3, 0.4) is 0 Å². The van der Waals surface area contributed by atoms with Crippen LogP contribution in [0.5, 0.6) is 0 Å².